The van der Waals surface area contributed by atoms with Gasteiger partial charge < -0.3 is 4.74 Å². The second kappa shape index (κ2) is 5.66. The number of carbonyl (C=O) groups excluding carboxylic acids is 2. The van der Waals surface area contributed by atoms with Gasteiger partial charge in [-0.2, -0.15) is 5.26 Å². The number of hydrogen-bond acceptors (Lipinski definition) is 4. The number of esters is 1. The van der Waals surface area contributed by atoms with Gasteiger partial charge in [-0.15, -0.1) is 0 Å². The van der Waals surface area contributed by atoms with Crippen LogP contribution in [0, 0.1) is 11.3 Å². The van der Waals surface area contributed by atoms with E-state index in [4.69, 9.17) is 5.26 Å². The Bertz CT molecular complexity index is 420. The summed E-state index contributed by atoms with van der Waals surface area (Å²) in [5.41, 5.74) is 0.503. The number of rotatable bonds is 4. The number of nitriles is 1. The first kappa shape index (κ1) is 11.9. The van der Waals surface area contributed by atoms with E-state index in [0.717, 1.165) is 0 Å². The predicted octanol–water partition coefficient (Wildman–Crippen LogP) is 1.43. The lowest BCUT2D eigenvalue weighted by Gasteiger charge is -2.06. The monoisotopic (exact) mass is 217 g/mol. The van der Waals surface area contributed by atoms with Crippen LogP contribution in [0.5, 0.6) is 0 Å². The quantitative estimate of drug-likeness (QED) is 0.565. The third kappa shape index (κ3) is 2.67. The Hall–Kier alpha value is -2.15. The molecule has 0 aliphatic rings. The van der Waals surface area contributed by atoms with Gasteiger partial charge in [0.05, 0.1) is 12.7 Å². The summed E-state index contributed by atoms with van der Waals surface area (Å²) in [7, 11) is 0. The van der Waals surface area contributed by atoms with E-state index in [9.17, 15) is 9.59 Å². The van der Waals surface area contributed by atoms with Crippen molar-refractivity contribution in [3.63, 3.8) is 0 Å². The van der Waals surface area contributed by atoms with Crippen molar-refractivity contribution >= 4 is 11.8 Å². The summed E-state index contributed by atoms with van der Waals surface area (Å²) in [6.45, 7) is 1.73. The maximum atomic E-state index is 11.6. The largest absolute Gasteiger partial charge is 0.460 e. The summed E-state index contributed by atoms with van der Waals surface area (Å²) in [5.74, 6) is -2.87. The molecule has 1 atom stereocenters. The van der Waals surface area contributed by atoms with Crippen molar-refractivity contribution in [2.45, 2.75) is 12.8 Å². The molecule has 1 unspecified atom stereocenters. The van der Waals surface area contributed by atoms with Crippen LogP contribution in [0.3, 0.4) is 0 Å². The molecule has 4 nitrogen and oxygen atoms in total. The molecule has 0 saturated heterocycles. The lowest BCUT2D eigenvalue weighted by atomic mass is 9.96. The second-order valence-corrected chi connectivity index (χ2v) is 3.06. The van der Waals surface area contributed by atoms with E-state index in [-0.39, 0.29) is 6.61 Å². The molecular weight excluding hydrogens is 206 g/mol. The highest BCUT2D eigenvalue weighted by Crippen LogP contribution is 2.16. The number of Topliss-reactive ketones (excluding diaryl/α,β-unsaturated/α-hetero) is 1. The fourth-order valence-electron chi connectivity index (χ4n) is 1.25. The molecule has 0 N–H and O–H groups in total. The number of benzene rings is 1. The minimum absolute atomic E-state index is 0.123. The van der Waals surface area contributed by atoms with Crippen molar-refractivity contribution in [1.29, 1.82) is 5.26 Å². The van der Waals surface area contributed by atoms with Crippen LogP contribution in [0.1, 0.15) is 18.4 Å². The predicted molar refractivity (Wildman–Crippen MR) is 56.4 cm³/mol. The van der Waals surface area contributed by atoms with Gasteiger partial charge in [-0.05, 0) is 12.5 Å². The molecule has 1 aromatic rings. The van der Waals surface area contributed by atoms with Crippen LogP contribution in [-0.4, -0.2) is 18.4 Å². The summed E-state index contributed by atoms with van der Waals surface area (Å²) >= 11 is 0. The van der Waals surface area contributed by atoms with Crippen molar-refractivity contribution in [1.82, 2.24) is 0 Å². The molecule has 0 spiro atoms. The van der Waals surface area contributed by atoms with Crippen LogP contribution in [0.2, 0.25) is 0 Å². The molecule has 0 radical (unpaired) electrons. The highest BCUT2D eigenvalue weighted by Gasteiger charge is 2.27. The zero-order valence-corrected chi connectivity index (χ0v) is 8.84. The molecule has 0 fully saturated rings. The molecule has 0 saturated carbocycles. The Balaban J connectivity index is 2.89. The van der Waals surface area contributed by atoms with Gasteiger partial charge in [0.25, 0.3) is 5.78 Å². The fraction of sp³-hybridized carbons (Fsp3) is 0.250. The third-order valence-electron chi connectivity index (χ3n) is 2.00. The minimum atomic E-state index is -1.08. The molecule has 0 aliphatic carbocycles. The van der Waals surface area contributed by atoms with Crippen molar-refractivity contribution in [3.8, 4) is 6.07 Å². The Morgan fingerprint density at radius 1 is 1.38 bits per heavy atom. The van der Waals surface area contributed by atoms with Crippen LogP contribution >= 0.6 is 0 Å². The molecule has 16 heavy (non-hydrogen) atoms. The first-order chi connectivity index (χ1) is 7.70. The summed E-state index contributed by atoms with van der Waals surface area (Å²) in [6, 6.07) is 10.3. The van der Waals surface area contributed by atoms with Gasteiger partial charge in [-0.3, -0.25) is 4.79 Å². The molecule has 0 heterocycles. The van der Waals surface area contributed by atoms with Crippen LogP contribution < -0.4 is 0 Å². The van der Waals surface area contributed by atoms with E-state index < -0.39 is 17.7 Å². The number of carbonyl (C=O) groups is 2. The lowest BCUT2D eigenvalue weighted by Crippen LogP contribution is -2.23. The Labute approximate surface area is 93.5 Å². The number of ether oxygens (including phenoxy) is 1. The van der Waals surface area contributed by atoms with Crippen molar-refractivity contribution in [2.75, 3.05) is 6.61 Å². The van der Waals surface area contributed by atoms with E-state index in [1.165, 1.54) is 0 Å². The molecule has 0 aliphatic heterocycles. The number of ketones is 1. The molecule has 0 amide bonds. The Morgan fingerprint density at radius 2 is 2.00 bits per heavy atom. The Kier molecular flexibility index (Phi) is 4.22. The van der Waals surface area contributed by atoms with E-state index >= 15 is 0 Å². The number of hydrogen-bond donors (Lipinski definition) is 0. The van der Waals surface area contributed by atoms with E-state index in [0.29, 0.717) is 5.56 Å². The highest BCUT2D eigenvalue weighted by atomic mass is 16.5. The summed E-state index contributed by atoms with van der Waals surface area (Å²) in [5, 5.41) is 8.89. The highest BCUT2D eigenvalue weighted by molar-refractivity contribution is 6.36. The molecule has 1 aromatic carbocycles. The molecule has 82 valence electrons. The minimum Gasteiger partial charge on any atom is -0.460 e. The van der Waals surface area contributed by atoms with Crippen LogP contribution in [0.4, 0.5) is 0 Å². The standard InChI is InChI=1S/C12H11NO3/c1-2-16-12(15)11(14)10(8-13)9-6-4-3-5-7-9/h3-7,10H,2H2,1H3. The van der Waals surface area contributed by atoms with Crippen LogP contribution in [0.25, 0.3) is 0 Å². The summed E-state index contributed by atoms with van der Waals surface area (Å²) in [4.78, 5) is 22.8. The van der Waals surface area contributed by atoms with Crippen LogP contribution in [0.15, 0.2) is 30.3 Å². The molecule has 0 aromatic heterocycles. The summed E-state index contributed by atoms with van der Waals surface area (Å²) in [6.07, 6.45) is 0. The van der Waals surface area contributed by atoms with Crippen molar-refractivity contribution in [2.24, 2.45) is 0 Å². The fourth-order valence-corrected chi connectivity index (χ4v) is 1.25. The topological polar surface area (TPSA) is 67.2 Å². The SMILES string of the molecule is CCOC(=O)C(=O)C(C#N)c1ccccc1. The van der Waals surface area contributed by atoms with E-state index in [1.807, 2.05) is 6.07 Å². The molecular formula is C12H11NO3. The van der Waals surface area contributed by atoms with Gasteiger partial charge >= 0.3 is 5.97 Å². The van der Waals surface area contributed by atoms with Gasteiger partial charge in [-0.25, -0.2) is 4.79 Å². The molecule has 4 heteroatoms. The third-order valence-corrected chi connectivity index (χ3v) is 2.00. The van der Waals surface area contributed by atoms with Crippen molar-refractivity contribution < 1.29 is 14.3 Å². The average molecular weight is 217 g/mol. The first-order valence-corrected chi connectivity index (χ1v) is 4.86. The summed E-state index contributed by atoms with van der Waals surface area (Å²) < 4.78 is 4.57. The van der Waals surface area contributed by atoms with Crippen molar-refractivity contribution in [3.05, 3.63) is 35.9 Å². The average Bonchev–Trinajstić information content (AvgIpc) is 2.31. The Morgan fingerprint density at radius 3 is 2.50 bits per heavy atom. The van der Waals surface area contributed by atoms with Gasteiger partial charge in [0.1, 0.15) is 5.92 Å². The second-order valence-electron chi connectivity index (χ2n) is 3.06. The number of nitrogens with zero attached hydrogens (tertiary/aromatic N) is 1. The first-order valence-electron chi connectivity index (χ1n) is 4.86. The zero-order chi connectivity index (χ0) is 12.0. The van der Waals surface area contributed by atoms with E-state index in [1.54, 1.807) is 37.3 Å². The van der Waals surface area contributed by atoms with Crippen LogP contribution in [-0.2, 0) is 14.3 Å². The maximum absolute atomic E-state index is 11.6. The maximum Gasteiger partial charge on any atom is 0.376 e. The van der Waals surface area contributed by atoms with E-state index in [2.05, 4.69) is 4.74 Å². The van der Waals surface area contributed by atoms with Gasteiger partial charge in [0.15, 0.2) is 0 Å². The molecule has 1 rings (SSSR count). The normalized spacial score (nSPS) is 11.2. The van der Waals surface area contributed by atoms with Gasteiger partial charge in [0, 0.05) is 0 Å². The molecule has 0 bridgehead atoms. The van der Waals surface area contributed by atoms with Gasteiger partial charge in [0.2, 0.25) is 0 Å². The lowest BCUT2D eigenvalue weighted by molar-refractivity contribution is -0.153. The zero-order valence-electron chi connectivity index (χ0n) is 8.84. The van der Waals surface area contributed by atoms with Gasteiger partial charge in [-0.1, -0.05) is 30.3 Å². The smallest absolute Gasteiger partial charge is 0.376 e.